The van der Waals surface area contributed by atoms with Gasteiger partial charge in [0.25, 0.3) is 0 Å². The SMILES string of the molecule is COCCN(CC(C)C)CC(C)CCl. The molecule has 0 heterocycles. The van der Waals surface area contributed by atoms with Crippen LogP contribution in [0.3, 0.4) is 0 Å². The molecule has 0 rings (SSSR count). The molecule has 1 unspecified atom stereocenters. The van der Waals surface area contributed by atoms with E-state index < -0.39 is 0 Å². The van der Waals surface area contributed by atoms with Crippen LogP contribution in [0.2, 0.25) is 0 Å². The van der Waals surface area contributed by atoms with Gasteiger partial charge >= 0.3 is 0 Å². The highest BCUT2D eigenvalue weighted by molar-refractivity contribution is 6.18. The third-order valence-electron chi connectivity index (χ3n) is 2.07. The van der Waals surface area contributed by atoms with E-state index in [1.54, 1.807) is 7.11 Å². The molecule has 0 aromatic heterocycles. The zero-order valence-corrected chi connectivity index (χ0v) is 10.7. The Hall–Kier alpha value is 0.210. The van der Waals surface area contributed by atoms with Gasteiger partial charge in [0.1, 0.15) is 0 Å². The molecule has 0 aliphatic rings. The van der Waals surface area contributed by atoms with Gasteiger partial charge in [-0.2, -0.15) is 0 Å². The Balaban J connectivity index is 3.83. The first-order valence-corrected chi connectivity index (χ1v) is 5.90. The molecular formula is C11H24ClNO. The van der Waals surface area contributed by atoms with E-state index in [2.05, 4.69) is 25.7 Å². The summed E-state index contributed by atoms with van der Waals surface area (Å²) in [7, 11) is 1.75. The average molecular weight is 222 g/mol. The smallest absolute Gasteiger partial charge is 0.0589 e. The van der Waals surface area contributed by atoms with E-state index in [1.807, 2.05) is 0 Å². The molecular weight excluding hydrogens is 198 g/mol. The van der Waals surface area contributed by atoms with Crippen molar-refractivity contribution >= 4 is 11.6 Å². The summed E-state index contributed by atoms with van der Waals surface area (Å²) in [5.74, 6) is 2.00. The van der Waals surface area contributed by atoms with Crippen LogP contribution in [0, 0.1) is 11.8 Å². The van der Waals surface area contributed by atoms with Crippen LogP contribution in [0.4, 0.5) is 0 Å². The Morgan fingerprint density at radius 1 is 1.21 bits per heavy atom. The van der Waals surface area contributed by atoms with Crippen LogP contribution in [0.25, 0.3) is 0 Å². The number of hydrogen-bond donors (Lipinski definition) is 0. The minimum Gasteiger partial charge on any atom is -0.383 e. The van der Waals surface area contributed by atoms with Crippen LogP contribution < -0.4 is 0 Å². The number of hydrogen-bond acceptors (Lipinski definition) is 2. The van der Waals surface area contributed by atoms with Crippen LogP contribution in [0.5, 0.6) is 0 Å². The lowest BCUT2D eigenvalue weighted by Crippen LogP contribution is -2.35. The van der Waals surface area contributed by atoms with Crippen molar-refractivity contribution in [3.05, 3.63) is 0 Å². The summed E-state index contributed by atoms with van der Waals surface area (Å²) in [5.41, 5.74) is 0. The Morgan fingerprint density at radius 3 is 2.29 bits per heavy atom. The van der Waals surface area contributed by atoms with Crippen LogP contribution in [-0.4, -0.2) is 44.1 Å². The van der Waals surface area contributed by atoms with Gasteiger partial charge in [-0.05, 0) is 11.8 Å². The third kappa shape index (κ3) is 7.60. The van der Waals surface area contributed by atoms with Crippen LogP contribution in [-0.2, 0) is 4.74 Å². The van der Waals surface area contributed by atoms with Crippen molar-refractivity contribution in [1.82, 2.24) is 4.90 Å². The van der Waals surface area contributed by atoms with Crippen molar-refractivity contribution < 1.29 is 4.74 Å². The second-order valence-corrected chi connectivity index (χ2v) is 4.71. The highest BCUT2D eigenvalue weighted by atomic mass is 35.5. The van der Waals surface area contributed by atoms with Gasteiger partial charge in [0.2, 0.25) is 0 Å². The number of ether oxygens (including phenoxy) is 1. The maximum Gasteiger partial charge on any atom is 0.0589 e. The van der Waals surface area contributed by atoms with E-state index >= 15 is 0 Å². The molecule has 0 spiro atoms. The first-order valence-electron chi connectivity index (χ1n) is 5.37. The zero-order valence-electron chi connectivity index (χ0n) is 9.92. The average Bonchev–Trinajstić information content (AvgIpc) is 2.13. The Kier molecular flexibility index (Phi) is 8.64. The summed E-state index contributed by atoms with van der Waals surface area (Å²) in [6.45, 7) is 10.7. The highest BCUT2D eigenvalue weighted by Crippen LogP contribution is 2.05. The normalized spacial score (nSPS) is 13.9. The first-order chi connectivity index (χ1) is 6.60. The van der Waals surface area contributed by atoms with Crippen molar-refractivity contribution in [2.45, 2.75) is 20.8 Å². The molecule has 2 nitrogen and oxygen atoms in total. The molecule has 0 radical (unpaired) electrons. The quantitative estimate of drug-likeness (QED) is 0.584. The molecule has 1 atom stereocenters. The Labute approximate surface area is 93.6 Å². The molecule has 0 aliphatic carbocycles. The molecule has 0 aliphatic heterocycles. The molecule has 0 saturated carbocycles. The second-order valence-electron chi connectivity index (χ2n) is 4.41. The number of alkyl halides is 1. The van der Waals surface area contributed by atoms with Crippen LogP contribution >= 0.6 is 11.6 Å². The van der Waals surface area contributed by atoms with Crippen LogP contribution in [0.15, 0.2) is 0 Å². The van der Waals surface area contributed by atoms with E-state index in [1.165, 1.54) is 0 Å². The van der Waals surface area contributed by atoms with E-state index in [9.17, 15) is 0 Å². The molecule has 86 valence electrons. The summed E-state index contributed by atoms with van der Waals surface area (Å²) in [5, 5.41) is 0. The van der Waals surface area contributed by atoms with Crippen molar-refractivity contribution in [3.63, 3.8) is 0 Å². The fraction of sp³-hybridized carbons (Fsp3) is 1.00. The van der Waals surface area contributed by atoms with Gasteiger partial charge < -0.3 is 9.64 Å². The summed E-state index contributed by atoms with van der Waals surface area (Å²) in [6, 6.07) is 0. The topological polar surface area (TPSA) is 12.5 Å². The molecule has 0 bridgehead atoms. The summed E-state index contributed by atoms with van der Waals surface area (Å²) in [4.78, 5) is 2.43. The monoisotopic (exact) mass is 221 g/mol. The Bertz CT molecular complexity index is 130. The number of rotatable bonds is 8. The van der Waals surface area contributed by atoms with Gasteiger partial charge in [-0.15, -0.1) is 11.6 Å². The van der Waals surface area contributed by atoms with Gasteiger partial charge in [0.15, 0.2) is 0 Å². The first kappa shape index (κ1) is 14.2. The largest absolute Gasteiger partial charge is 0.383 e. The molecule has 0 N–H and O–H groups in total. The van der Waals surface area contributed by atoms with E-state index in [4.69, 9.17) is 16.3 Å². The maximum atomic E-state index is 5.81. The molecule has 3 heteroatoms. The maximum absolute atomic E-state index is 5.81. The minimum atomic E-state index is 0.562. The summed E-state index contributed by atoms with van der Waals surface area (Å²) < 4.78 is 5.09. The predicted molar refractivity (Wildman–Crippen MR) is 63.0 cm³/mol. The van der Waals surface area contributed by atoms with Gasteiger partial charge in [0.05, 0.1) is 6.61 Å². The van der Waals surface area contributed by atoms with Crippen molar-refractivity contribution in [3.8, 4) is 0 Å². The third-order valence-corrected chi connectivity index (χ3v) is 2.60. The molecule has 0 aromatic rings. The fourth-order valence-electron chi connectivity index (χ4n) is 1.48. The molecule has 14 heavy (non-hydrogen) atoms. The Morgan fingerprint density at radius 2 is 1.86 bits per heavy atom. The van der Waals surface area contributed by atoms with Crippen molar-refractivity contribution in [2.75, 3.05) is 39.2 Å². The van der Waals surface area contributed by atoms with Crippen LogP contribution in [0.1, 0.15) is 20.8 Å². The summed E-state index contributed by atoms with van der Waals surface area (Å²) in [6.07, 6.45) is 0. The summed E-state index contributed by atoms with van der Waals surface area (Å²) >= 11 is 5.81. The lowest BCUT2D eigenvalue weighted by molar-refractivity contribution is 0.132. The zero-order chi connectivity index (χ0) is 11.0. The molecule has 0 aromatic carbocycles. The molecule has 0 amide bonds. The number of methoxy groups -OCH3 is 1. The molecule has 0 saturated heterocycles. The van der Waals surface area contributed by atoms with Crippen molar-refractivity contribution in [1.29, 1.82) is 0 Å². The van der Waals surface area contributed by atoms with Gasteiger partial charge in [-0.3, -0.25) is 0 Å². The standard InChI is InChI=1S/C11H24ClNO/c1-10(2)8-13(5-6-14-4)9-11(3)7-12/h10-11H,5-9H2,1-4H3. The lowest BCUT2D eigenvalue weighted by Gasteiger charge is -2.26. The number of halogens is 1. The predicted octanol–water partition coefficient (Wildman–Crippen LogP) is 2.47. The van der Waals surface area contributed by atoms with Gasteiger partial charge in [-0.1, -0.05) is 20.8 Å². The van der Waals surface area contributed by atoms with Gasteiger partial charge in [-0.25, -0.2) is 0 Å². The lowest BCUT2D eigenvalue weighted by atomic mass is 10.1. The van der Waals surface area contributed by atoms with E-state index in [-0.39, 0.29) is 0 Å². The van der Waals surface area contributed by atoms with Gasteiger partial charge in [0, 0.05) is 32.6 Å². The minimum absolute atomic E-state index is 0.562. The fourth-order valence-corrected chi connectivity index (χ4v) is 1.58. The van der Waals surface area contributed by atoms with Crippen molar-refractivity contribution in [2.24, 2.45) is 11.8 Å². The van der Waals surface area contributed by atoms with E-state index in [0.717, 1.165) is 32.1 Å². The molecule has 0 fully saturated rings. The highest BCUT2D eigenvalue weighted by Gasteiger charge is 2.10. The second kappa shape index (κ2) is 8.51. The number of nitrogens with zero attached hydrogens (tertiary/aromatic N) is 1. The van der Waals surface area contributed by atoms with E-state index in [0.29, 0.717) is 11.8 Å².